The number of carbonyl (C=O) groups excluding carboxylic acids is 2. The second-order valence-corrected chi connectivity index (χ2v) is 12.4. The van der Waals surface area contributed by atoms with Crippen LogP contribution in [0.2, 0.25) is 5.02 Å². The van der Waals surface area contributed by atoms with Gasteiger partial charge in [0.1, 0.15) is 6.04 Å². The molecule has 9 heteroatoms. The Morgan fingerprint density at radius 3 is 2.34 bits per heavy atom. The van der Waals surface area contributed by atoms with Crippen molar-refractivity contribution in [2.24, 2.45) is 0 Å². The van der Waals surface area contributed by atoms with Crippen LogP contribution in [0.3, 0.4) is 0 Å². The van der Waals surface area contributed by atoms with E-state index >= 15 is 0 Å². The highest BCUT2D eigenvalue weighted by molar-refractivity contribution is 7.92. The number of hydrogen-bond acceptors (Lipinski definition) is 4. The van der Waals surface area contributed by atoms with Crippen LogP contribution in [0.1, 0.15) is 69.4 Å². The number of nitrogens with zero attached hydrogens (tertiary/aromatic N) is 2. The quantitative estimate of drug-likeness (QED) is 0.373. The van der Waals surface area contributed by atoms with Crippen molar-refractivity contribution in [2.45, 2.75) is 83.8 Å². The Morgan fingerprint density at radius 1 is 1.05 bits per heavy atom. The van der Waals surface area contributed by atoms with Gasteiger partial charge >= 0.3 is 0 Å². The van der Waals surface area contributed by atoms with E-state index in [2.05, 4.69) is 5.32 Å². The molecule has 2 aromatic carbocycles. The largest absolute Gasteiger partial charge is 0.352 e. The highest BCUT2D eigenvalue weighted by Gasteiger charge is 2.31. The average Bonchev–Trinajstić information content (AvgIpc) is 2.88. The molecular weight excluding hydrogens is 522 g/mol. The first-order chi connectivity index (χ1) is 18.1. The fourth-order valence-electron chi connectivity index (χ4n) is 5.10. The van der Waals surface area contributed by atoms with E-state index in [4.69, 9.17) is 11.6 Å². The SMILES string of the molecule is CC[C@@H](C(=O)NC1CCCCC1)N(Cc1ccccc1Cl)C(=O)CCCN(c1ccccc1C)S(C)(=O)=O. The van der Waals surface area contributed by atoms with E-state index < -0.39 is 16.1 Å². The van der Waals surface area contributed by atoms with Crippen molar-refractivity contribution in [1.82, 2.24) is 10.2 Å². The lowest BCUT2D eigenvalue weighted by Gasteiger charge is -2.33. The van der Waals surface area contributed by atoms with Crippen molar-refractivity contribution in [1.29, 1.82) is 0 Å². The second kappa shape index (κ2) is 14.0. The first-order valence-electron chi connectivity index (χ1n) is 13.5. The number of nitrogens with one attached hydrogen (secondary N) is 1. The lowest BCUT2D eigenvalue weighted by Crippen LogP contribution is -2.51. The van der Waals surface area contributed by atoms with Crippen LogP contribution >= 0.6 is 11.6 Å². The zero-order valence-electron chi connectivity index (χ0n) is 22.7. The molecule has 1 fully saturated rings. The summed E-state index contributed by atoms with van der Waals surface area (Å²) in [6.07, 6.45) is 7.37. The highest BCUT2D eigenvalue weighted by atomic mass is 35.5. The molecule has 0 heterocycles. The van der Waals surface area contributed by atoms with Gasteiger partial charge < -0.3 is 10.2 Å². The molecule has 3 rings (SSSR count). The molecule has 0 radical (unpaired) electrons. The van der Waals surface area contributed by atoms with Crippen LogP contribution in [0.15, 0.2) is 48.5 Å². The molecule has 7 nitrogen and oxygen atoms in total. The molecule has 1 aliphatic carbocycles. The predicted molar refractivity (Wildman–Crippen MR) is 154 cm³/mol. The molecule has 0 aromatic heterocycles. The first-order valence-corrected chi connectivity index (χ1v) is 15.7. The Bertz CT molecular complexity index is 1200. The van der Waals surface area contributed by atoms with E-state index in [0.717, 1.165) is 36.8 Å². The molecule has 2 aromatic rings. The van der Waals surface area contributed by atoms with Gasteiger partial charge in [-0.15, -0.1) is 0 Å². The van der Waals surface area contributed by atoms with Gasteiger partial charge in [0, 0.05) is 30.6 Å². The molecule has 1 atom stereocenters. The molecule has 1 saturated carbocycles. The monoisotopic (exact) mass is 561 g/mol. The van der Waals surface area contributed by atoms with E-state index in [0.29, 0.717) is 23.6 Å². The zero-order chi connectivity index (χ0) is 27.7. The van der Waals surface area contributed by atoms with Gasteiger partial charge in [-0.1, -0.05) is 74.2 Å². The van der Waals surface area contributed by atoms with Crippen LogP contribution in [0.5, 0.6) is 0 Å². The molecule has 0 saturated heterocycles. The summed E-state index contributed by atoms with van der Waals surface area (Å²) in [5.41, 5.74) is 2.22. The summed E-state index contributed by atoms with van der Waals surface area (Å²) in [6.45, 7) is 4.14. The third-order valence-corrected chi connectivity index (χ3v) is 8.72. The van der Waals surface area contributed by atoms with Crippen molar-refractivity contribution in [2.75, 3.05) is 17.1 Å². The summed E-state index contributed by atoms with van der Waals surface area (Å²) < 4.78 is 26.5. The number of para-hydroxylation sites is 1. The van der Waals surface area contributed by atoms with Crippen molar-refractivity contribution in [3.05, 3.63) is 64.7 Å². The zero-order valence-corrected chi connectivity index (χ0v) is 24.2. The number of rotatable bonds is 12. The molecule has 1 aliphatic rings. The third kappa shape index (κ3) is 8.21. The lowest BCUT2D eigenvalue weighted by atomic mass is 9.95. The first kappa shape index (κ1) is 30.0. The van der Waals surface area contributed by atoms with Gasteiger partial charge in [-0.3, -0.25) is 13.9 Å². The van der Waals surface area contributed by atoms with E-state index in [1.165, 1.54) is 17.0 Å². The van der Waals surface area contributed by atoms with Gasteiger partial charge in [-0.2, -0.15) is 0 Å². The van der Waals surface area contributed by atoms with Crippen LogP contribution in [0.25, 0.3) is 0 Å². The minimum Gasteiger partial charge on any atom is -0.352 e. The predicted octanol–water partition coefficient (Wildman–Crippen LogP) is 5.45. The fraction of sp³-hybridized carbons (Fsp3) is 0.517. The maximum atomic E-state index is 13.6. The van der Waals surface area contributed by atoms with E-state index in [-0.39, 0.29) is 37.4 Å². The van der Waals surface area contributed by atoms with Gasteiger partial charge in [0.25, 0.3) is 0 Å². The fourth-order valence-corrected chi connectivity index (χ4v) is 6.32. The lowest BCUT2D eigenvalue weighted by molar-refractivity contribution is -0.141. The number of hydrogen-bond donors (Lipinski definition) is 1. The molecular formula is C29H40ClN3O4S. The summed E-state index contributed by atoms with van der Waals surface area (Å²) in [6, 6.07) is 14.1. The van der Waals surface area contributed by atoms with Crippen molar-refractivity contribution >= 4 is 39.1 Å². The number of sulfonamides is 1. The molecule has 1 N–H and O–H groups in total. The molecule has 208 valence electrons. The van der Waals surface area contributed by atoms with Gasteiger partial charge in [0.2, 0.25) is 21.8 Å². The smallest absolute Gasteiger partial charge is 0.243 e. The Hall–Kier alpha value is -2.58. The minimum atomic E-state index is -3.54. The molecule has 38 heavy (non-hydrogen) atoms. The van der Waals surface area contributed by atoms with E-state index in [1.54, 1.807) is 23.1 Å². The second-order valence-electron chi connectivity index (χ2n) is 10.1. The summed E-state index contributed by atoms with van der Waals surface area (Å²) in [7, 11) is -3.54. The van der Waals surface area contributed by atoms with Crippen LogP contribution in [0.4, 0.5) is 5.69 Å². The molecule has 0 unspecified atom stereocenters. The number of halogens is 1. The van der Waals surface area contributed by atoms with Crippen molar-refractivity contribution < 1.29 is 18.0 Å². The third-order valence-electron chi connectivity index (χ3n) is 7.17. The standard InChI is InChI=1S/C29H40ClN3O4S/c1-4-26(29(35)31-24-15-6-5-7-16-24)32(21-23-14-9-10-17-25(23)30)28(34)19-12-20-33(38(3,36)37)27-18-11-8-13-22(27)2/h8-11,13-14,17-18,24,26H,4-7,12,15-16,19-21H2,1-3H3,(H,31,35)/t26-/m0/s1. The Balaban J connectivity index is 1.77. The number of anilines is 1. The van der Waals surface area contributed by atoms with Crippen LogP contribution < -0.4 is 9.62 Å². The Labute approximate surface area is 232 Å². The molecule has 0 spiro atoms. The minimum absolute atomic E-state index is 0.107. The topological polar surface area (TPSA) is 86.8 Å². The van der Waals surface area contributed by atoms with Crippen LogP contribution in [-0.2, 0) is 26.2 Å². The normalized spacial score (nSPS) is 15.1. The van der Waals surface area contributed by atoms with E-state index in [9.17, 15) is 18.0 Å². The van der Waals surface area contributed by atoms with Gasteiger partial charge in [-0.05, 0) is 55.9 Å². The molecule has 0 aliphatic heterocycles. The number of carbonyl (C=O) groups is 2. The van der Waals surface area contributed by atoms with Crippen molar-refractivity contribution in [3.8, 4) is 0 Å². The molecule has 0 bridgehead atoms. The van der Waals surface area contributed by atoms with Crippen LogP contribution in [-0.4, -0.2) is 50.0 Å². The summed E-state index contributed by atoms with van der Waals surface area (Å²) in [5.74, 6) is -0.341. The van der Waals surface area contributed by atoms with E-state index in [1.807, 2.05) is 44.2 Å². The van der Waals surface area contributed by atoms with Gasteiger partial charge in [0.05, 0.1) is 11.9 Å². The summed E-state index contributed by atoms with van der Waals surface area (Å²) >= 11 is 6.42. The highest BCUT2D eigenvalue weighted by Crippen LogP contribution is 2.24. The summed E-state index contributed by atoms with van der Waals surface area (Å²) in [5, 5.41) is 3.71. The molecule has 2 amide bonds. The van der Waals surface area contributed by atoms with Gasteiger partial charge in [0.15, 0.2) is 0 Å². The maximum absolute atomic E-state index is 13.6. The summed E-state index contributed by atoms with van der Waals surface area (Å²) in [4.78, 5) is 28.6. The number of benzene rings is 2. The number of aryl methyl sites for hydroxylation is 1. The number of amides is 2. The Kier molecular flexibility index (Phi) is 11.0. The van der Waals surface area contributed by atoms with Crippen molar-refractivity contribution in [3.63, 3.8) is 0 Å². The van der Waals surface area contributed by atoms with Crippen LogP contribution in [0, 0.1) is 6.92 Å². The maximum Gasteiger partial charge on any atom is 0.243 e. The average molecular weight is 562 g/mol. The van der Waals surface area contributed by atoms with Gasteiger partial charge in [-0.25, -0.2) is 8.42 Å². The Morgan fingerprint density at radius 2 is 1.71 bits per heavy atom.